The number of rotatable bonds is 5. The Labute approximate surface area is 156 Å². The lowest BCUT2D eigenvalue weighted by atomic mass is 9.95. The number of hydrogen-bond donors (Lipinski definition) is 0. The van der Waals surface area contributed by atoms with E-state index in [-0.39, 0.29) is 24.3 Å². The number of piperidine rings is 1. The Balaban J connectivity index is 1.42. The fourth-order valence-electron chi connectivity index (χ4n) is 3.76. The van der Waals surface area contributed by atoms with E-state index in [2.05, 4.69) is 13.8 Å². The van der Waals surface area contributed by atoms with Crippen molar-refractivity contribution in [3.05, 3.63) is 29.8 Å². The zero-order chi connectivity index (χ0) is 18.5. The Morgan fingerprint density at radius 1 is 1.00 bits per heavy atom. The molecule has 2 fully saturated rings. The van der Waals surface area contributed by atoms with Gasteiger partial charge in [0, 0.05) is 32.1 Å². The molecule has 1 aromatic carbocycles. The summed E-state index contributed by atoms with van der Waals surface area (Å²) in [5.74, 6) is 1.58. The first-order chi connectivity index (χ1) is 12.5. The maximum atomic E-state index is 12.5. The maximum Gasteiger partial charge on any atom is 0.260 e. The van der Waals surface area contributed by atoms with Crippen molar-refractivity contribution < 1.29 is 14.3 Å². The summed E-state index contributed by atoms with van der Waals surface area (Å²) in [4.78, 5) is 28.7. The van der Waals surface area contributed by atoms with Crippen molar-refractivity contribution in [3.8, 4) is 5.75 Å². The highest BCUT2D eigenvalue weighted by Crippen LogP contribution is 2.23. The van der Waals surface area contributed by atoms with Crippen LogP contribution in [-0.4, -0.2) is 54.4 Å². The Morgan fingerprint density at radius 2 is 1.62 bits per heavy atom. The van der Waals surface area contributed by atoms with Crippen LogP contribution in [0.1, 0.15) is 51.0 Å². The Bertz CT molecular complexity index is 613. The molecule has 26 heavy (non-hydrogen) atoms. The predicted molar refractivity (Wildman–Crippen MR) is 101 cm³/mol. The summed E-state index contributed by atoms with van der Waals surface area (Å²) in [6, 6.07) is 7.92. The number of carbonyl (C=O) groups excluding carboxylic acids is 2. The third kappa shape index (κ3) is 4.57. The second-order valence-corrected chi connectivity index (χ2v) is 7.70. The summed E-state index contributed by atoms with van der Waals surface area (Å²) in [5, 5.41) is 0. The maximum absolute atomic E-state index is 12.5. The van der Waals surface area contributed by atoms with E-state index in [1.807, 2.05) is 34.1 Å². The molecule has 0 unspecified atom stereocenters. The SMILES string of the molecule is CC(C)c1ccc(OCC(=O)N2CCC(C(=O)N3CCCC3)CC2)cc1. The van der Waals surface area contributed by atoms with Gasteiger partial charge in [0.1, 0.15) is 5.75 Å². The molecule has 1 aromatic rings. The van der Waals surface area contributed by atoms with Gasteiger partial charge in [0.2, 0.25) is 5.91 Å². The fourth-order valence-corrected chi connectivity index (χ4v) is 3.76. The van der Waals surface area contributed by atoms with Crippen molar-refractivity contribution in [3.63, 3.8) is 0 Å². The molecule has 142 valence electrons. The minimum Gasteiger partial charge on any atom is -0.484 e. The van der Waals surface area contributed by atoms with Crippen molar-refractivity contribution in [1.29, 1.82) is 0 Å². The standard InChI is InChI=1S/C21H30N2O3/c1-16(2)17-5-7-19(8-6-17)26-15-20(24)22-13-9-18(10-14-22)21(25)23-11-3-4-12-23/h5-8,16,18H,3-4,9-15H2,1-2H3. The van der Waals surface area contributed by atoms with Crippen LogP contribution in [0, 0.1) is 5.92 Å². The topological polar surface area (TPSA) is 49.9 Å². The summed E-state index contributed by atoms with van der Waals surface area (Å²) in [6.45, 7) is 7.47. The molecule has 0 aromatic heterocycles. The molecule has 0 atom stereocenters. The molecule has 2 aliphatic rings. The summed E-state index contributed by atoms with van der Waals surface area (Å²) >= 11 is 0. The van der Waals surface area contributed by atoms with Gasteiger partial charge in [0.15, 0.2) is 6.61 Å². The fraction of sp³-hybridized carbons (Fsp3) is 0.619. The first kappa shape index (κ1) is 18.7. The zero-order valence-corrected chi connectivity index (χ0v) is 15.9. The molecule has 2 aliphatic heterocycles. The van der Waals surface area contributed by atoms with Gasteiger partial charge in [-0.1, -0.05) is 26.0 Å². The average molecular weight is 358 g/mol. The molecule has 2 saturated heterocycles. The van der Waals surface area contributed by atoms with Gasteiger partial charge < -0.3 is 14.5 Å². The number of ether oxygens (including phenoxy) is 1. The second kappa shape index (κ2) is 8.56. The van der Waals surface area contributed by atoms with Gasteiger partial charge in [0.05, 0.1) is 0 Å². The van der Waals surface area contributed by atoms with Crippen LogP contribution >= 0.6 is 0 Å². The van der Waals surface area contributed by atoms with Gasteiger partial charge in [0.25, 0.3) is 5.91 Å². The van der Waals surface area contributed by atoms with Gasteiger partial charge >= 0.3 is 0 Å². The number of likely N-dealkylation sites (tertiary alicyclic amines) is 2. The molecule has 0 N–H and O–H groups in total. The van der Waals surface area contributed by atoms with Crippen LogP contribution in [0.3, 0.4) is 0 Å². The highest BCUT2D eigenvalue weighted by molar-refractivity contribution is 5.81. The lowest BCUT2D eigenvalue weighted by molar-refractivity contribution is -0.140. The lowest BCUT2D eigenvalue weighted by Gasteiger charge is -2.33. The molecule has 0 aliphatic carbocycles. The summed E-state index contributed by atoms with van der Waals surface area (Å²) in [7, 11) is 0. The summed E-state index contributed by atoms with van der Waals surface area (Å²) in [5.41, 5.74) is 1.26. The van der Waals surface area contributed by atoms with E-state index in [0.29, 0.717) is 19.0 Å². The van der Waals surface area contributed by atoms with E-state index in [0.717, 1.165) is 44.5 Å². The van der Waals surface area contributed by atoms with Crippen LogP contribution in [0.25, 0.3) is 0 Å². The first-order valence-electron chi connectivity index (χ1n) is 9.84. The van der Waals surface area contributed by atoms with E-state index < -0.39 is 0 Å². The number of hydrogen-bond acceptors (Lipinski definition) is 3. The van der Waals surface area contributed by atoms with Crippen LogP contribution in [0.2, 0.25) is 0 Å². The predicted octanol–water partition coefficient (Wildman–Crippen LogP) is 3.05. The minimum absolute atomic E-state index is 0.00464. The second-order valence-electron chi connectivity index (χ2n) is 7.70. The van der Waals surface area contributed by atoms with Gasteiger partial charge in [-0.05, 0) is 49.3 Å². The van der Waals surface area contributed by atoms with Crippen LogP contribution < -0.4 is 4.74 Å². The normalized spacial score (nSPS) is 18.4. The molecular weight excluding hydrogens is 328 g/mol. The number of amides is 2. The molecule has 2 heterocycles. The van der Waals surface area contributed by atoms with Crippen LogP contribution in [0.5, 0.6) is 5.75 Å². The third-order valence-electron chi connectivity index (χ3n) is 5.52. The van der Waals surface area contributed by atoms with Crippen molar-refractivity contribution >= 4 is 11.8 Å². The molecule has 0 spiro atoms. The first-order valence-corrected chi connectivity index (χ1v) is 9.84. The largest absolute Gasteiger partial charge is 0.484 e. The molecule has 5 heteroatoms. The Hall–Kier alpha value is -2.04. The monoisotopic (exact) mass is 358 g/mol. The van der Waals surface area contributed by atoms with Crippen LogP contribution in [-0.2, 0) is 9.59 Å². The smallest absolute Gasteiger partial charge is 0.260 e. The number of carbonyl (C=O) groups is 2. The molecule has 2 amide bonds. The summed E-state index contributed by atoms with van der Waals surface area (Å²) in [6.07, 6.45) is 3.78. The number of nitrogens with zero attached hydrogens (tertiary/aromatic N) is 2. The van der Waals surface area contributed by atoms with Gasteiger partial charge in [-0.2, -0.15) is 0 Å². The molecule has 5 nitrogen and oxygen atoms in total. The molecule has 3 rings (SSSR count). The zero-order valence-electron chi connectivity index (χ0n) is 15.9. The highest BCUT2D eigenvalue weighted by atomic mass is 16.5. The number of benzene rings is 1. The quantitative estimate of drug-likeness (QED) is 0.813. The van der Waals surface area contributed by atoms with Crippen molar-refractivity contribution in [2.24, 2.45) is 5.92 Å². The molecule has 0 saturated carbocycles. The van der Waals surface area contributed by atoms with Crippen molar-refractivity contribution in [1.82, 2.24) is 9.80 Å². The Kier molecular flexibility index (Phi) is 6.17. The van der Waals surface area contributed by atoms with Crippen molar-refractivity contribution in [2.75, 3.05) is 32.8 Å². The van der Waals surface area contributed by atoms with E-state index >= 15 is 0 Å². The molecular formula is C21H30N2O3. The van der Waals surface area contributed by atoms with E-state index in [1.165, 1.54) is 5.56 Å². The lowest BCUT2D eigenvalue weighted by Crippen LogP contribution is -2.45. The third-order valence-corrected chi connectivity index (χ3v) is 5.52. The van der Waals surface area contributed by atoms with E-state index in [4.69, 9.17) is 4.74 Å². The van der Waals surface area contributed by atoms with Gasteiger partial charge in [-0.25, -0.2) is 0 Å². The van der Waals surface area contributed by atoms with Crippen LogP contribution in [0.15, 0.2) is 24.3 Å². The highest BCUT2D eigenvalue weighted by Gasteiger charge is 2.31. The van der Waals surface area contributed by atoms with Gasteiger partial charge in [-0.15, -0.1) is 0 Å². The minimum atomic E-state index is 0.00464. The van der Waals surface area contributed by atoms with E-state index in [9.17, 15) is 9.59 Å². The van der Waals surface area contributed by atoms with Crippen LogP contribution in [0.4, 0.5) is 0 Å². The van der Waals surface area contributed by atoms with Gasteiger partial charge in [-0.3, -0.25) is 9.59 Å². The molecule has 0 radical (unpaired) electrons. The van der Waals surface area contributed by atoms with E-state index in [1.54, 1.807) is 0 Å². The molecule has 0 bridgehead atoms. The van der Waals surface area contributed by atoms with Crippen molar-refractivity contribution in [2.45, 2.75) is 45.4 Å². The summed E-state index contributed by atoms with van der Waals surface area (Å²) < 4.78 is 5.64. The average Bonchev–Trinajstić information content (AvgIpc) is 3.20. The Morgan fingerprint density at radius 3 is 2.19 bits per heavy atom.